The Morgan fingerprint density at radius 1 is 0.850 bits per heavy atom. The van der Waals surface area contributed by atoms with E-state index in [1.807, 2.05) is 0 Å². The van der Waals surface area contributed by atoms with E-state index in [9.17, 15) is 50.8 Å². The second-order valence-corrected chi connectivity index (χ2v) is 11.6. The maximum absolute atomic E-state index is 11.6. The van der Waals surface area contributed by atoms with Gasteiger partial charge in [-0.1, -0.05) is 0 Å². The van der Waals surface area contributed by atoms with E-state index in [0.29, 0.717) is 12.8 Å². The average Bonchev–Trinajstić information content (AvgIpc) is 2.93. The van der Waals surface area contributed by atoms with Crippen LogP contribution in [0, 0.1) is 5.41 Å². The van der Waals surface area contributed by atoms with Crippen molar-refractivity contribution < 1.29 is 60.2 Å². The highest BCUT2D eigenvalue weighted by Crippen LogP contribution is 2.29. The molecule has 13 N–H and O–H groups in total. The van der Waals surface area contributed by atoms with Crippen LogP contribution in [-0.2, 0) is 14.3 Å². The number of nitrogens with two attached hydrogens (primary N) is 1. The minimum atomic E-state index is -1.54. The lowest BCUT2D eigenvalue weighted by Gasteiger charge is -2.39. The number of aliphatic imine (C=N–C) groups is 1. The van der Waals surface area contributed by atoms with E-state index < -0.39 is 84.9 Å². The van der Waals surface area contributed by atoms with Crippen LogP contribution in [0.1, 0.15) is 19.3 Å². The summed E-state index contributed by atoms with van der Waals surface area (Å²) in [5.41, 5.74) is 3.91. The van der Waals surface area contributed by atoms with Crippen molar-refractivity contribution in [1.82, 2.24) is 5.32 Å². The summed E-state index contributed by atoms with van der Waals surface area (Å²) in [4.78, 5) is 15.8. The minimum absolute atomic E-state index is 0.0839. The summed E-state index contributed by atoms with van der Waals surface area (Å²) in [5.74, 6) is -1.03. The lowest BCUT2D eigenvalue weighted by Crippen LogP contribution is -2.57. The summed E-state index contributed by atoms with van der Waals surface area (Å²) in [6.45, 7) is -0.822. The van der Waals surface area contributed by atoms with Gasteiger partial charge in [0.05, 0.1) is 24.7 Å². The van der Waals surface area contributed by atoms with Gasteiger partial charge in [0.15, 0.2) is 0 Å². The molecule has 2 aliphatic rings. The molecule has 2 heterocycles. The molecule has 0 spiro atoms. The lowest BCUT2D eigenvalue weighted by molar-refractivity contribution is -0.205. The predicted octanol–water partition coefficient (Wildman–Crippen LogP) is -4.40. The molecular formula is C22H40N4O12S2. The summed E-state index contributed by atoms with van der Waals surface area (Å²) in [7, 11) is 0. The van der Waals surface area contributed by atoms with Crippen LogP contribution in [0.25, 0.3) is 0 Å². The summed E-state index contributed by atoms with van der Waals surface area (Å²) in [6, 6.07) is -1.06. The number of aliphatic carboxylic acids is 1. The fourth-order valence-electron chi connectivity index (χ4n) is 3.98. The molecule has 0 radical (unpaired) electrons. The molecular weight excluding hydrogens is 576 g/mol. The lowest BCUT2D eigenvalue weighted by atomic mass is 10.0. The minimum Gasteiger partial charge on any atom is -0.480 e. The van der Waals surface area contributed by atoms with Gasteiger partial charge in [0.25, 0.3) is 0 Å². The predicted molar refractivity (Wildman–Crippen MR) is 145 cm³/mol. The van der Waals surface area contributed by atoms with Gasteiger partial charge in [0, 0.05) is 6.54 Å². The molecule has 10 unspecified atom stereocenters. The molecule has 40 heavy (non-hydrogen) atoms. The fourth-order valence-corrected chi connectivity index (χ4v) is 5.98. The Balaban J connectivity index is 1.71. The molecule has 2 fully saturated rings. The van der Waals surface area contributed by atoms with Gasteiger partial charge < -0.3 is 66.5 Å². The number of aliphatic hydroxyl groups excluding tert-OH is 8. The van der Waals surface area contributed by atoms with Gasteiger partial charge in [-0.25, -0.2) is 4.79 Å². The average molecular weight is 617 g/mol. The standard InChI is InChI=1S/C22H40N4O12S2/c23-12(7-39-21-18(33)16(31)14(29)10(5-27)37-21)25-4-2-1-3-9(20(35)36)26-13(24)8-40-22-19(34)17(32)15(30)11(6-28)38-22/h9-11,14-19,21-22,27-34H,1-8H2,(H2,23,25)(H2,24,26)(H,35,36)/t9-,10?,11?,14?,15?,16?,17?,18?,19?,21?,22?/m1/s1. The van der Waals surface area contributed by atoms with Gasteiger partial charge in [-0.2, -0.15) is 0 Å². The van der Waals surface area contributed by atoms with E-state index in [1.54, 1.807) is 0 Å². The highest BCUT2D eigenvalue weighted by atomic mass is 32.2. The van der Waals surface area contributed by atoms with Gasteiger partial charge in [-0.3, -0.25) is 10.4 Å². The molecule has 0 aromatic rings. The maximum atomic E-state index is 11.6. The Morgan fingerprint density at radius 2 is 1.35 bits per heavy atom. The van der Waals surface area contributed by atoms with Gasteiger partial charge >= 0.3 is 5.97 Å². The second-order valence-electron chi connectivity index (χ2n) is 9.40. The Hall–Kier alpha value is -1.29. The molecule has 2 aliphatic heterocycles. The second kappa shape index (κ2) is 17.0. The fraction of sp³-hybridized carbons (Fsp3) is 0.864. The Kier molecular flexibility index (Phi) is 14.8. The number of unbranched alkanes of at least 4 members (excludes halogenated alkanes) is 1. The van der Waals surface area contributed by atoms with Crippen molar-refractivity contribution >= 4 is 41.2 Å². The topological polar surface area (TPSA) is 292 Å². The summed E-state index contributed by atoms with van der Waals surface area (Å²) >= 11 is 1.96. The van der Waals surface area contributed by atoms with Crippen LogP contribution in [-0.4, -0.2) is 161 Å². The van der Waals surface area contributed by atoms with E-state index in [-0.39, 0.29) is 36.1 Å². The third kappa shape index (κ3) is 9.92. The summed E-state index contributed by atoms with van der Waals surface area (Å²) < 4.78 is 10.7. The number of ether oxygens (including phenoxy) is 2. The molecule has 0 bridgehead atoms. The number of carboxylic acids is 1. The van der Waals surface area contributed by atoms with Crippen LogP contribution < -0.4 is 11.1 Å². The smallest absolute Gasteiger partial charge is 0.326 e. The Labute approximate surface area is 239 Å². The number of nitrogens with zero attached hydrogens (tertiary/aromatic N) is 1. The normalized spacial score (nSPS) is 35.8. The first-order valence-corrected chi connectivity index (χ1v) is 14.7. The molecule has 0 aromatic carbocycles. The number of thioether (sulfide) groups is 2. The van der Waals surface area contributed by atoms with Crippen LogP contribution >= 0.6 is 23.5 Å². The van der Waals surface area contributed by atoms with Crippen LogP contribution in [0.5, 0.6) is 0 Å². The van der Waals surface area contributed by atoms with Crippen LogP contribution in [0.15, 0.2) is 4.99 Å². The van der Waals surface area contributed by atoms with Gasteiger partial charge in [0.1, 0.15) is 77.4 Å². The Morgan fingerprint density at radius 3 is 1.82 bits per heavy atom. The number of carboxylic acid groups (broad SMARTS) is 1. The monoisotopic (exact) mass is 616 g/mol. The van der Waals surface area contributed by atoms with E-state index in [0.717, 1.165) is 23.5 Å². The molecule has 0 amide bonds. The zero-order valence-corrected chi connectivity index (χ0v) is 23.2. The molecule has 2 rings (SSSR count). The molecule has 11 atom stereocenters. The largest absolute Gasteiger partial charge is 0.480 e. The van der Waals surface area contributed by atoms with E-state index in [2.05, 4.69) is 10.3 Å². The first-order chi connectivity index (χ1) is 18.9. The summed E-state index contributed by atoms with van der Waals surface area (Å²) in [5, 5.41) is 98.1. The molecule has 0 aromatic heterocycles. The molecule has 232 valence electrons. The first kappa shape index (κ1) is 34.9. The maximum Gasteiger partial charge on any atom is 0.326 e. The van der Waals surface area contributed by atoms with Gasteiger partial charge in [-0.05, 0) is 19.3 Å². The third-order valence-corrected chi connectivity index (χ3v) is 8.70. The number of carbonyl (C=O) groups is 1. The van der Waals surface area contributed by atoms with Crippen LogP contribution in [0.3, 0.4) is 0 Å². The molecule has 2 saturated heterocycles. The Bertz CT molecular complexity index is 842. The van der Waals surface area contributed by atoms with Crippen molar-refractivity contribution in [2.45, 2.75) is 85.0 Å². The van der Waals surface area contributed by atoms with E-state index in [4.69, 9.17) is 20.6 Å². The quantitative estimate of drug-likeness (QED) is 0.0469. The van der Waals surface area contributed by atoms with Gasteiger partial charge in [-0.15, -0.1) is 23.5 Å². The van der Waals surface area contributed by atoms with Crippen molar-refractivity contribution in [3.05, 3.63) is 0 Å². The SMILES string of the molecule is N=C(CSC1OC(CO)C(O)C(O)C1O)N[C@H](CCCCN=C(N)CSC1OC(CO)C(O)C(O)C1O)C(=O)O. The number of hydrogen-bond acceptors (Lipinski definition) is 15. The highest BCUT2D eigenvalue weighted by Gasteiger charge is 2.44. The molecule has 16 nitrogen and oxygen atoms in total. The van der Waals surface area contributed by atoms with Crippen molar-refractivity contribution in [2.24, 2.45) is 10.7 Å². The van der Waals surface area contributed by atoms with Gasteiger partial charge in [0.2, 0.25) is 0 Å². The number of nitrogens with one attached hydrogen (secondary N) is 2. The number of aliphatic hydroxyl groups is 8. The summed E-state index contributed by atoms with van der Waals surface area (Å²) in [6.07, 6.45) is -9.80. The van der Waals surface area contributed by atoms with Crippen LogP contribution in [0.2, 0.25) is 0 Å². The highest BCUT2D eigenvalue weighted by molar-refractivity contribution is 8.00. The number of amidine groups is 2. The van der Waals surface area contributed by atoms with Crippen molar-refractivity contribution in [3.8, 4) is 0 Å². The zero-order valence-electron chi connectivity index (χ0n) is 21.6. The van der Waals surface area contributed by atoms with Crippen molar-refractivity contribution in [1.29, 1.82) is 5.41 Å². The van der Waals surface area contributed by atoms with Crippen molar-refractivity contribution in [2.75, 3.05) is 31.3 Å². The third-order valence-electron chi connectivity index (χ3n) is 6.35. The first-order valence-electron chi connectivity index (χ1n) is 12.6. The molecule has 18 heteroatoms. The van der Waals surface area contributed by atoms with E-state index in [1.165, 1.54) is 0 Å². The van der Waals surface area contributed by atoms with Crippen LogP contribution in [0.4, 0.5) is 0 Å². The number of rotatable bonds is 15. The molecule has 0 aliphatic carbocycles. The molecule has 0 saturated carbocycles. The number of hydrogen-bond donors (Lipinski definition) is 12. The zero-order chi connectivity index (χ0) is 30.0. The van der Waals surface area contributed by atoms with E-state index >= 15 is 0 Å². The van der Waals surface area contributed by atoms with Crippen molar-refractivity contribution in [3.63, 3.8) is 0 Å².